The summed E-state index contributed by atoms with van der Waals surface area (Å²) in [7, 11) is 0. The average Bonchev–Trinajstić information content (AvgIpc) is 2.71. The van der Waals surface area contributed by atoms with E-state index in [1.165, 1.54) is 6.33 Å². The highest BCUT2D eigenvalue weighted by Crippen LogP contribution is 2.24. The summed E-state index contributed by atoms with van der Waals surface area (Å²) >= 11 is 0. The van der Waals surface area contributed by atoms with E-state index in [0.717, 1.165) is 11.1 Å². The van der Waals surface area contributed by atoms with Crippen molar-refractivity contribution in [2.45, 2.75) is 6.92 Å². The molecule has 2 aromatic rings. The molecule has 2 rings (SSSR count). The molecule has 1 N–H and O–H groups in total. The molecule has 0 atom stereocenters. The van der Waals surface area contributed by atoms with E-state index in [2.05, 4.69) is 20.4 Å². The number of nitrogens with one attached hydrogen (secondary N) is 1. The van der Waals surface area contributed by atoms with Gasteiger partial charge >= 0.3 is 0 Å². The van der Waals surface area contributed by atoms with E-state index in [1.807, 2.05) is 19.1 Å². The number of hydrogen-bond acceptors (Lipinski definition) is 4. The molecular formula is C9H8N4O. The van der Waals surface area contributed by atoms with Gasteiger partial charge in [0.25, 0.3) is 0 Å². The number of H-pyrrole nitrogens is 1. The highest BCUT2D eigenvalue weighted by molar-refractivity contribution is 5.62. The molecule has 1 heterocycles. The molecule has 0 aliphatic carbocycles. The van der Waals surface area contributed by atoms with Crippen LogP contribution in [0, 0.1) is 11.8 Å². The zero-order valence-corrected chi connectivity index (χ0v) is 7.56. The normalized spacial score (nSPS) is 10.1. The Hall–Kier alpha value is -2.04. The van der Waals surface area contributed by atoms with Crippen LogP contribution in [-0.2, 0) is 0 Å². The Morgan fingerprint density at radius 3 is 2.93 bits per heavy atom. The maximum Gasteiger partial charge on any atom is 0.161 e. The lowest BCUT2D eigenvalue weighted by Crippen LogP contribution is -1.82. The Morgan fingerprint density at radius 2 is 2.29 bits per heavy atom. The Morgan fingerprint density at radius 1 is 1.43 bits per heavy atom. The first-order valence-corrected chi connectivity index (χ1v) is 4.11. The maximum atomic E-state index is 10.5. The number of nitrogens with zero attached hydrogens (tertiary/aromatic N) is 3. The zero-order chi connectivity index (χ0) is 9.97. The molecule has 0 unspecified atom stereocenters. The van der Waals surface area contributed by atoms with E-state index < -0.39 is 0 Å². The van der Waals surface area contributed by atoms with Gasteiger partial charge in [-0.15, -0.1) is 15.1 Å². The summed E-state index contributed by atoms with van der Waals surface area (Å²) in [6, 6.07) is 5.38. The second-order valence-electron chi connectivity index (χ2n) is 2.93. The maximum absolute atomic E-state index is 10.5. The summed E-state index contributed by atoms with van der Waals surface area (Å²) < 4.78 is 0. The minimum absolute atomic E-state index is 0.430. The van der Waals surface area contributed by atoms with Crippen LogP contribution in [0.4, 0.5) is 5.69 Å². The molecule has 0 bridgehead atoms. The molecule has 0 radical (unpaired) electrons. The van der Waals surface area contributed by atoms with Crippen LogP contribution in [0.1, 0.15) is 5.56 Å². The lowest BCUT2D eigenvalue weighted by atomic mass is 10.1. The second kappa shape index (κ2) is 3.37. The molecule has 0 spiro atoms. The first-order chi connectivity index (χ1) is 6.81. The SMILES string of the molecule is Cc1ccc(-c2nnc[nH]2)cc1N=O. The van der Waals surface area contributed by atoms with Crippen LogP contribution in [0.15, 0.2) is 29.7 Å². The van der Waals surface area contributed by atoms with Gasteiger partial charge in [-0.2, -0.15) is 0 Å². The second-order valence-corrected chi connectivity index (χ2v) is 2.93. The third kappa shape index (κ3) is 1.39. The van der Waals surface area contributed by atoms with Gasteiger partial charge in [-0.1, -0.05) is 12.1 Å². The van der Waals surface area contributed by atoms with E-state index in [9.17, 15) is 4.91 Å². The summed E-state index contributed by atoms with van der Waals surface area (Å²) in [5, 5.41) is 10.4. The molecule has 0 saturated carbocycles. The van der Waals surface area contributed by atoms with Crippen LogP contribution in [0.3, 0.4) is 0 Å². The number of aryl methyl sites for hydroxylation is 1. The van der Waals surface area contributed by atoms with Crippen molar-refractivity contribution >= 4 is 5.69 Å². The Balaban J connectivity index is 2.51. The first kappa shape index (κ1) is 8.55. The summed E-state index contributed by atoms with van der Waals surface area (Å²) in [5.41, 5.74) is 2.09. The van der Waals surface area contributed by atoms with Gasteiger partial charge in [0.05, 0.1) is 0 Å². The third-order valence-corrected chi connectivity index (χ3v) is 2.00. The Labute approximate surface area is 80.2 Å². The van der Waals surface area contributed by atoms with Crippen molar-refractivity contribution in [2.24, 2.45) is 5.18 Å². The van der Waals surface area contributed by atoms with Gasteiger partial charge in [-0.25, -0.2) is 0 Å². The Kier molecular flexibility index (Phi) is 2.06. The van der Waals surface area contributed by atoms with Gasteiger partial charge in [0.1, 0.15) is 12.0 Å². The molecule has 0 amide bonds. The molecule has 5 nitrogen and oxygen atoms in total. The molecular weight excluding hydrogens is 180 g/mol. The fraction of sp³-hybridized carbons (Fsp3) is 0.111. The van der Waals surface area contributed by atoms with Crippen molar-refractivity contribution in [2.75, 3.05) is 0 Å². The van der Waals surface area contributed by atoms with Gasteiger partial charge in [0, 0.05) is 5.56 Å². The average molecular weight is 188 g/mol. The summed E-state index contributed by atoms with van der Waals surface area (Å²) in [6.07, 6.45) is 1.49. The Bertz CT molecular complexity index is 450. The largest absolute Gasteiger partial charge is 0.328 e. The minimum Gasteiger partial charge on any atom is -0.328 e. The molecule has 0 aliphatic rings. The van der Waals surface area contributed by atoms with Gasteiger partial charge in [-0.3, -0.25) is 0 Å². The van der Waals surface area contributed by atoms with Crippen molar-refractivity contribution in [3.63, 3.8) is 0 Å². The van der Waals surface area contributed by atoms with Crippen molar-refractivity contribution in [1.82, 2.24) is 15.2 Å². The van der Waals surface area contributed by atoms with Gasteiger partial charge < -0.3 is 4.98 Å². The lowest BCUT2D eigenvalue weighted by Gasteiger charge is -1.99. The molecule has 1 aromatic heterocycles. The van der Waals surface area contributed by atoms with Gasteiger partial charge in [0.2, 0.25) is 0 Å². The van der Waals surface area contributed by atoms with Gasteiger partial charge in [-0.05, 0) is 23.7 Å². The number of benzene rings is 1. The molecule has 0 aliphatic heterocycles. The molecule has 0 fully saturated rings. The lowest BCUT2D eigenvalue weighted by molar-refractivity contribution is 1.09. The van der Waals surface area contributed by atoms with Crippen molar-refractivity contribution in [3.05, 3.63) is 35.0 Å². The van der Waals surface area contributed by atoms with E-state index in [0.29, 0.717) is 11.5 Å². The zero-order valence-electron chi connectivity index (χ0n) is 7.56. The highest BCUT2D eigenvalue weighted by Gasteiger charge is 2.04. The monoisotopic (exact) mass is 188 g/mol. The van der Waals surface area contributed by atoms with Crippen LogP contribution in [-0.4, -0.2) is 15.2 Å². The first-order valence-electron chi connectivity index (χ1n) is 4.11. The van der Waals surface area contributed by atoms with Crippen molar-refractivity contribution < 1.29 is 0 Å². The van der Waals surface area contributed by atoms with Gasteiger partial charge in [0.15, 0.2) is 5.82 Å². The van der Waals surface area contributed by atoms with Crippen molar-refractivity contribution in [1.29, 1.82) is 0 Å². The number of aromatic nitrogens is 3. The van der Waals surface area contributed by atoms with Crippen LogP contribution in [0.5, 0.6) is 0 Å². The minimum atomic E-state index is 0.430. The van der Waals surface area contributed by atoms with Crippen LogP contribution in [0.25, 0.3) is 11.4 Å². The summed E-state index contributed by atoms with van der Waals surface area (Å²) in [4.78, 5) is 13.3. The highest BCUT2D eigenvalue weighted by atomic mass is 16.3. The van der Waals surface area contributed by atoms with E-state index in [1.54, 1.807) is 6.07 Å². The molecule has 70 valence electrons. The fourth-order valence-corrected chi connectivity index (χ4v) is 1.20. The molecule has 1 aromatic carbocycles. The number of hydrogen-bond donors (Lipinski definition) is 1. The summed E-state index contributed by atoms with van der Waals surface area (Å²) in [5.74, 6) is 0.634. The molecule has 0 saturated heterocycles. The predicted molar refractivity (Wildman–Crippen MR) is 52.0 cm³/mol. The quantitative estimate of drug-likeness (QED) is 0.734. The fourth-order valence-electron chi connectivity index (χ4n) is 1.20. The smallest absolute Gasteiger partial charge is 0.161 e. The van der Waals surface area contributed by atoms with Crippen LogP contribution in [0.2, 0.25) is 0 Å². The standard InChI is InChI=1S/C9H8N4O/c1-6-2-3-7(4-8(6)13-14)9-10-5-11-12-9/h2-5H,1H3,(H,10,11,12). The number of aromatic amines is 1. The van der Waals surface area contributed by atoms with E-state index in [4.69, 9.17) is 0 Å². The molecule has 14 heavy (non-hydrogen) atoms. The topological polar surface area (TPSA) is 71.0 Å². The van der Waals surface area contributed by atoms with E-state index >= 15 is 0 Å². The van der Waals surface area contributed by atoms with Crippen LogP contribution < -0.4 is 0 Å². The third-order valence-electron chi connectivity index (χ3n) is 2.00. The number of nitroso groups, excluding NO2 is 1. The predicted octanol–water partition coefficient (Wildman–Crippen LogP) is 2.18. The van der Waals surface area contributed by atoms with Crippen molar-refractivity contribution in [3.8, 4) is 11.4 Å². The molecule has 5 heteroatoms. The number of rotatable bonds is 2. The van der Waals surface area contributed by atoms with Crippen LogP contribution >= 0.6 is 0 Å². The van der Waals surface area contributed by atoms with E-state index in [-0.39, 0.29) is 0 Å². The summed E-state index contributed by atoms with van der Waals surface area (Å²) in [6.45, 7) is 1.83.